The number of imide groups is 1. The van der Waals surface area contributed by atoms with Crippen LogP contribution in [-0.4, -0.2) is 48.9 Å². The van der Waals surface area contributed by atoms with Crippen LogP contribution in [0.2, 0.25) is 0 Å². The van der Waals surface area contributed by atoms with Gasteiger partial charge in [0.15, 0.2) is 17.5 Å². The summed E-state index contributed by atoms with van der Waals surface area (Å²) in [5, 5.41) is 6.39. The van der Waals surface area contributed by atoms with Gasteiger partial charge in [0.1, 0.15) is 0 Å². The second kappa shape index (κ2) is 9.71. The average Bonchev–Trinajstić information content (AvgIpc) is 3.46. The standard InChI is InChI=1S/C24H31FN4O3/c1-3-26-24(28-14-15-6-9-19(32-4-2)18(25)12-15)27-10-5-11-29-22(30)20-16-7-8-17(13-16)21(20)23(29)31/h6-9,12,16-17,20-21H,3-5,10-11,13-14H2,1-2H3,(H2,26,27,28). The van der Waals surface area contributed by atoms with Crippen molar-refractivity contribution in [2.45, 2.75) is 33.2 Å². The molecule has 172 valence electrons. The van der Waals surface area contributed by atoms with Crippen LogP contribution in [0.5, 0.6) is 5.75 Å². The van der Waals surface area contributed by atoms with Crippen molar-refractivity contribution in [1.82, 2.24) is 15.5 Å². The molecule has 3 aliphatic rings. The van der Waals surface area contributed by atoms with Crippen molar-refractivity contribution in [3.8, 4) is 5.75 Å². The second-order valence-corrected chi connectivity index (χ2v) is 8.50. The van der Waals surface area contributed by atoms with Crippen molar-refractivity contribution in [2.75, 3.05) is 26.2 Å². The van der Waals surface area contributed by atoms with E-state index in [-0.39, 0.29) is 41.2 Å². The molecular formula is C24H31FN4O3. The zero-order chi connectivity index (χ0) is 22.7. The number of carbonyl (C=O) groups is 2. The molecule has 1 aromatic rings. The van der Waals surface area contributed by atoms with Gasteiger partial charge in [-0.1, -0.05) is 18.2 Å². The minimum absolute atomic E-state index is 0.00468. The molecule has 2 fully saturated rings. The summed E-state index contributed by atoms with van der Waals surface area (Å²) in [5.41, 5.74) is 0.742. The number of rotatable bonds is 9. The van der Waals surface area contributed by atoms with E-state index in [2.05, 4.69) is 27.8 Å². The maximum absolute atomic E-state index is 14.0. The average molecular weight is 443 g/mol. The van der Waals surface area contributed by atoms with Gasteiger partial charge < -0.3 is 15.4 Å². The van der Waals surface area contributed by atoms with Gasteiger partial charge in [-0.3, -0.25) is 14.5 Å². The van der Waals surface area contributed by atoms with Crippen LogP contribution in [0.3, 0.4) is 0 Å². The molecule has 32 heavy (non-hydrogen) atoms. The number of aliphatic imine (C=N–C) groups is 1. The van der Waals surface area contributed by atoms with E-state index in [1.807, 2.05) is 13.8 Å². The van der Waals surface area contributed by atoms with Gasteiger partial charge in [-0.05, 0) is 56.2 Å². The smallest absolute Gasteiger partial charge is 0.233 e. The first-order valence-corrected chi connectivity index (χ1v) is 11.5. The number of carbonyl (C=O) groups excluding carboxylic acids is 2. The number of allylic oxidation sites excluding steroid dienone is 2. The fraction of sp³-hybridized carbons (Fsp3) is 0.542. The topological polar surface area (TPSA) is 83.0 Å². The first-order chi connectivity index (χ1) is 15.5. The molecular weight excluding hydrogens is 411 g/mol. The van der Waals surface area contributed by atoms with E-state index in [1.165, 1.54) is 11.0 Å². The lowest BCUT2D eigenvalue weighted by Gasteiger charge is -2.18. The van der Waals surface area contributed by atoms with Crippen LogP contribution in [0.25, 0.3) is 0 Å². The molecule has 1 saturated heterocycles. The molecule has 0 aromatic heterocycles. The lowest BCUT2D eigenvalue weighted by Crippen LogP contribution is -2.40. The Bertz CT molecular complexity index is 902. The molecule has 2 N–H and O–H groups in total. The molecule has 8 heteroatoms. The highest BCUT2D eigenvalue weighted by atomic mass is 19.1. The number of hydrogen-bond acceptors (Lipinski definition) is 4. The maximum atomic E-state index is 14.0. The van der Waals surface area contributed by atoms with Crippen molar-refractivity contribution in [3.63, 3.8) is 0 Å². The van der Waals surface area contributed by atoms with Crippen LogP contribution >= 0.6 is 0 Å². The number of nitrogens with one attached hydrogen (secondary N) is 2. The third kappa shape index (κ3) is 4.36. The Balaban J connectivity index is 1.27. The van der Waals surface area contributed by atoms with E-state index in [0.29, 0.717) is 45.2 Å². The van der Waals surface area contributed by atoms with Crippen LogP contribution in [0.1, 0.15) is 32.3 Å². The second-order valence-electron chi connectivity index (χ2n) is 8.50. The molecule has 2 bridgehead atoms. The van der Waals surface area contributed by atoms with Crippen molar-refractivity contribution in [2.24, 2.45) is 28.7 Å². The summed E-state index contributed by atoms with van der Waals surface area (Å²) >= 11 is 0. The Hall–Kier alpha value is -2.90. The zero-order valence-electron chi connectivity index (χ0n) is 18.6. The Morgan fingerprint density at radius 2 is 1.88 bits per heavy atom. The van der Waals surface area contributed by atoms with Crippen LogP contribution in [0.4, 0.5) is 4.39 Å². The van der Waals surface area contributed by atoms with Gasteiger partial charge in [0.25, 0.3) is 0 Å². The fourth-order valence-corrected chi connectivity index (χ4v) is 5.06. The summed E-state index contributed by atoms with van der Waals surface area (Å²) in [6.45, 7) is 6.19. The lowest BCUT2D eigenvalue weighted by molar-refractivity contribution is -0.140. The van der Waals surface area contributed by atoms with E-state index >= 15 is 0 Å². The Kier molecular flexibility index (Phi) is 6.77. The molecule has 1 heterocycles. The molecule has 0 radical (unpaired) electrons. The van der Waals surface area contributed by atoms with Gasteiger partial charge >= 0.3 is 0 Å². The minimum Gasteiger partial charge on any atom is -0.491 e. The number of benzene rings is 1. The summed E-state index contributed by atoms with van der Waals surface area (Å²) < 4.78 is 19.3. The van der Waals surface area contributed by atoms with Gasteiger partial charge in [-0.25, -0.2) is 9.38 Å². The summed E-state index contributed by atoms with van der Waals surface area (Å²) in [7, 11) is 0. The van der Waals surface area contributed by atoms with Crippen molar-refractivity contribution < 1.29 is 18.7 Å². The van der Waals surface area contributed by atoms with E-state index in [4.69, 9.17) is 4.74 Å². The number of ether oxygens (including phenoxy) is 1. The molecule has 4 atom stereocenters. The van der Waals surface area contributed by atoms with Gasteiger partial charge in [0.2, 0.25) is 11.8 Å². The largest absolute Gasteiger partial charge is 0.491 e. The maximum Gasteiger partial charge on any atom is 0.233 e. The van der Waals surface area contributed by atoms with Gasteiger partial charge in [0.05, 0.1) is 25.0 Å². The van der Waals surface area contributed by atoms with E-state index in [0.717, 1.165) is 12.0 Å². The summed E-state index contributed by atoms with van der Waals surface area (Å²) in [6, 6.07) is 4.84. The molecule has 7 nitrogen and oxygen atoms in total. The van der Waals surface area contributed by atoms with Crippen molar-refractivity contribution >= 4 is 17.8 Å². The highest BCUT2D eigenvalue weighted by Crippen LogP contribution is 2.52. The van der Waals surface area contributed by atoms with E-state index < -0.39 is 5.82 Å². The molecule has 4 unspecified atom stereocenters. The fourth-order valence-electron chi connectivity index (χ4n) is 5.06. The molecule has 4 rings (SSSR count). The van der Waals surface area contributed by atoms with Crippen LogP contribution in [0.15, 0.2) is 35.3 Å². The molecule has 0 spiro atoms. The number of amides is 2. The quantitative estimate of drug-likeness (QED) is 0.202. The highest BCUT2D eigenvalue weighted by Gasteiger charge is 2.58. The molecule has 1 aliphatic heterocycles. The van der Waals surface area contributed by atoms with Crippen molar-refractivity contribution in [1.29, 1.82) is 0 Å². The molecule has 1 saturated carbocycles. The third-order valence-corrected chi connectivity index (χ3v) is 6.47. The van der Waals surface area contributed by atoms with E-state index in [9.17, 15) is 14.0 Å². The summed E-state index contributed by atoms with van der Waals surface area (Å²) in [6.07, 6.45) is 5.81. The van der Waals surface area contributed by atoms with Gasteiger partial charge in [-0.2, -0.15) is 0 Å². The number of likely N-dealkylation sites (tertiary alicyclic amines) is 1. The summed E-state index contributed by atoms with van der Waals surface area (Å²) in [5.74, 6) is 0.645. The molecule has 2 amide bonds. The first-order valence-electron chi connectivity index (χ1n) is 11.5. The van der Waals surface area contributed by atoms with E-state index in [1.54, 1.807) is 12.1 Å². The minimum atomic E-state index is -0.397. The number of fused-ring (bicyclic) bond motifs is 5. The van der Waals surface area contributed by atoms with Gasteiger partial charge in [-0.15, -0.1) is 0 Å². The molecule has 2 aliphatic carbocycles. The Morgan fingerprint density at radius 3 is 2.50 bits per heavy atom. The molecule has 1 aromatic carbocycles. The number of nitrogens with zero attached hydrogens (tertiary/aromatic N) is 2. The van der Waals surface area contributed by atoms with Crippen LogP contribution in [0, 0.1) is 29.5 Å². The van der Waals surface area contributed by atoms with Gasteiger partial charge in [0, 0.05) is 19.6 Å². The highest BCUT2D eigenvalue weighted by molar-refractivity contribution is 6.06. The third-order valence-electron chi connectivity index (χ3n) is 6.47. The number of guanidine groups is 1. The first kappa shape index (κ1) is 22.3. The Morgan fingerprint density at radius 1 is 1.16 bits per heavy atom. The number of hydrogen-bond donors (Lipinski definition) is 2. The normalized spacial score (nSPS) is 26.1. The predicted molar refractivity (Wildman–Crippen MR) is 119 cm³/mol. The zero-order valence-corrected chi connectivity index (χ0v) is 18.6. The van der Waals surface area contributed by atoms with Crippen LogP contribution < -0.4 is 15.4 Å². The summed E-state index contributed by atoms with van der Waals surface area (Å²) in [4.78, 5) is 31.4. The Labute approximate surface area is 188 Å². The monoisotopic (exact) mass is 442 g/mol. The number of halogens is 1. The SMILES string of the molecule is CCNC(=NCc1ccc(OCC)c(F)c1)NCCCN1C(=O)C2C3C=CC(C3)C2C1=O. The van der Waals surface area contributed by atoms with Crippen LogP contribution in [-0.2, 0) is 16.1 Å². The predicted octanol–water partition coefficient (Wildman–Crippen LogP) is 2.48. The van der Waals surface area contributed by atoms with Crippen molar-refractivity contribution in [3.05, 3.63) is 41.7 Å². The lowest BCUT2D eigenvalue weighted by atomic mass is 9.85.